The van der Waals surface area contributed by atoms with Crippen LogP contribution in [-0.4, -0.2) is 29.3 Å². The first-order chi connectivity index (χ1) is 14.7. The van der Waals surface area contributed by atoms with Crippen molar-refractivity contribution in [2.75, 3.05) is 13.7 Å². The van der Waals surface area contributed by atoms with Gasteiger partial charge in [-0.1, -0.05) is 60.7 Å². The van der Waals surface area contributed by atoms with Crippen molar-refractivity contribution in [1.82, 2.24) is 9.67 Å². The summed E-state index contributed by atoms with van der Waals surface area (Å²) in [6.45, 7) is 1.35. The van der Waals surface area contributed by atoms with Crippen LogP contribution in [-0.2, 0) is 21.5 Å². The topological polar surface area (TPSA) is 74.0 Å². The van der Waals surface area contributed by atoms with E-state index in [4.69, 9.17) is 10.5 Å². The van der Waals surface area contributed by atoms with Gasteiger partial charge in [-0.15, -0.1) is 4.68 Å². The fourth-order valence-corrected chi connectivity index (χ4v) is 4.98. The molecule has 1 aliphatic carbocycles. The second-order valence-corrected chi connectivity index (χ2v) is 8.02. The maximum Gasteiger partial charge on any atom is 0.266 e. The van der Waals surface area contributed by atoms with Crippen molar-refractivity contribution >= 4 is 5.91 Å². The fourth-order valence-electron chi connectivity index (χ4n) is 4.98. The molecule has 1 saturated carbocycles. The summed E-state index contributed by atoms with van der Waals surface area (Å²) in [5, 5.41) is 4.44. The van der Waals surface area contributed by atoms with Gasteiger partial charge in [-0.05, 0) is 41.4 Å². The molecule has 2 aromatic carbocycles. The maximum absolute atomic E-state index is 13.2. The van der Waals surface area contributed by atoms with Gasteiger partial charge < -0.3 is 10.5 Å². The average Bonchev–Trinajstić information content (AvgIpc) is 3.44. The Morgan fingerprint density at radius 1 is 1.13 bits per heavy atom. The number of benzene rings is 2. The summed E-state index contributed by atoms with van der Waals surface area (Å²) < 4.78 is 9.20. The normalized spacial score (nSPS) is 19.1. The third-order valence-corrected chi connectivity index (χ3v) is 6.41. The Morgan fingerprint density at radius 2 is 1.77 bits per heavy atom. The highest BCUT2D eigenvalue weighted by molar-refractivity contribution is 5.91. The predicted molar refractivity (Wildman–Crippen MR) is 114 cm³/mol. The Hall–Kier alpha value is -2.99. The third-order valence-electron chi connectivity index (χ3n) is 6.41. The van der Waals surface area contributed by atoms with E-state index in [1.807, 2.05) is 78.0 Å². The van der Waals surface area contributed by atoms with Gasteiger partial charge in [-0.25, -0.2) is 4.57 Å². The minimum absolute atomic E-state index is 0.111. The summed E-state index contributed by atoms with van der Waals surface area (Å²) in [7, 11) is 1.69. The minimum Gasteiger partial charge on any atom is -0.381 e. The van der Waals surface area contributed by atoms with Crippen molar-refractivity contribution in [3.8, 4) is 0 Å². The molecule has 0 unspecified atom stereocenters. The van der Waals surface area contributed by atoms with Gasteiger partial charge in [0, 0.05) is 7.11 Å². The van der Waals surface area contributed by atoms with Crippen LogP contribution in [0.1, 0.15) is 36.4 Å². The number of aromatic nitrogens is 3. The number of amides is 1. The predicted octanol–water partition coefficient (Wildman–Crippen LogP) is 2.63. The van der Waals surface area contributed by atoms with Gasteiger partial charge >= 0.3 is 0 Å². The molecule has 1 aromatic heterocycles. The molecule has 30 heavy (non-hydrogen) atoms. The van der Waals surface area contributed by atoms with Crippen molar-refractivity contribution in [3.63, 3.8) is 0 Å². The number of ether oxygens (including phenoxy) is 1. The third kappa shape index (κ3) is 3.63. The van der Waals surface area contributed by atoms with Crippen LogP contribution in [0.5, 0.6) is 0 Å². The number of rotatable bonds is 8. The van der Waals surface area contributed by atoms with Gasteiger partial charge in [0.1, 0.15) is 18.0 Å². The van der Waals surface area contributed by atoms with Crippen LogP contribution in [0.3, 0.4) is 0 Å². The number of carbonyl (C=O) groups is 1. The largest absolute Gasteiger partial charge is 0.381 e. The van der Waals surface area contributed by atoms with E-state index < -0.39 is 5.41 Å². The van der Waals surface area contributed by atoms with E-state index in [0.29, 0.717) is 6.61 Å². The zero-order chi connectivity index (χ0) is 21.0. The molecule has 0 aliphatic heterocycles. The zero-order valence-electron chi connectivity index (χ0n) is 17.4. The molecule has 2 atom stereocenters. The first-order valence-electron chi connectivity index (χ1n) is 10.5. The Bertz CT molecular complexity index is 932. The van der Waals surface area contributed by atoms with Gasteiger partial charge in [0.2, 0.25) is 12.2 Å². The Kier molecular flexibility index (Phi) is 5.95. The highest BCUT2D eigenvalue weighted by Crippen LogP contribution is 2.49. The summed E-state index contributed by atoms with van der Waals surface area (Å²) >= 11 is 0. The molecule has 1 fully saturated rings. The van der Waals surface area contributed by atoms with Crippen LogP contribution in [0.2, 0.25) is 0 Å². The molecule has 1 heterocycles. The van der Waals surface area contributed by atoms with Crippen LogP contribution < -0.4 is 10.4 Å². The van der Waals surface area contributed by atoms with E-state index in [1.54, 1.807) is 7.11 Å². The molecule has 2 N–H and O–H groups in total. The Labute approximate surface area is 177 Å². The molecule has 3 aromatic rings. The number of hydrogen-bond donors (Lipinski definition) is 1. The number of primary amides is 1. The van der Waals surface area contributed by atoms with Gasteiger partial charge in [0.15, 0.2) is 0 Å². The van der Waals surface area contributed by atoms with Gasteiger partial charge in [0.25, 0.3) is 6.33 Å². The van der Waals surface area contributed by atoms with Crippen LogP contribution in [0.4, 0.5) is 0 Å². The SMILES string of the molecule is COCC[n+]1cn([C@H]2CC[C@@H](C(C(N)=O)(c3ccccc3)c3ccccc3)C2)cn1. The average molecular weight is 406 g/mol. The molecule has 6 nitrogen and oxygen atoms in total. The highest BCUT2D eigenvalue weighted by Gasteiger charge is 2.50. The van der Waals surface area contributed by atoms with Crippen LogP contribution in [0.25, 0.3) is 0 Å². The lowest BCUT2D eigenvalue weighted by molar-refractivity contribution is -0.752. The molecule has 4 rings (SSSR count). The van der Waals surface area contributed by atoms with E-state index in [2.05, 4.69) is 9.67 Å². The molecular formula is C24H29N4O2+. The molecule has 1 aliphatic rings. The lowest BCUT2D eigenvalue weighted by Crippen LogP contribution is -2.47. The standard InChI is InChI=1S/C24H28N4O2/c1-30-15-14-28-18-27(17-26-28)22-13-12-21(16-22)24(23(25)29,19-8-4-2-5-9-19)20-10-6-3-7-11-20/h2-11,17-18,21-22H,12-16H2,1H3,(H-,25,29)/p+1/t21-,22+/m1/s1. The minimum atomic E-state index is -0.843. The van der Waals surface area contributed by atoms with E-state index in [-0.39, 0.29) is 17.9 Å². The van der Waals surface area contributed by atoms with Crippen molar-refractivity contribution < 1.29 is 14.2 Å². The number of hydrogen-bond acceptors (Lipinski definition) is 3. The summed E-state index contributed by atoms with van der Waals surface area (Å²) in [6.07, 6.45) is 6.68. The Balaban J connectivity index is 1.69. The molecule has 0 bridgehead atoms. The molecule has 1 amide bonds. The molecule has 0 saturated heterocycles. The van der Waals surface area contributed by atoms with Crippen molar-refractivity contribution in [2.45, 2.75) is 37.3 Å². The fraction of sp³-hybridized carbons (Fsp3) is 0.375. The summed E-state index contributed by atoms with van der Waals surface area (Å²) in [6, 6.07) is 20.3. The van der Waals surface area contributed by atoms with Gasteiger partial charge in [-0.2, -0.15) is 0 Å². The Morgan fingerprint density at radius 3 is 2.33 bits per heavy atom. The quantitative estimate of drug-likeness (QED) is 0.586. The summed E-state index contributed by atoms with van der Waals surface area (Å²) in [4.78, 5) is 13.2. The van der Waals surface area contributed by atoms with E-state index in [0.717, 1.165) is 36.9 Å². The number of methoxy groups -OCH3 is 1. The van der Waals surface area contributed by atoms with E-state index in [1.165, 1.54) is 0 Å². The van der Waals surface area contributed by atoms with Gasteiger partial charge in [-0.3, -0.25) is 4.79 Å². The first kappa shape index (κ1) is 20.3. The van der Waals surface area contributed by atoms with Crippen LogP contribution >= 0.6 is 0 Å². The van der Waals surface area contributed by atoms with Crippen molar-refractivity contribution in [1.29, 1.82) is 0 Å². The number of carbonyl (C=O) groups excluding carboxylic acids is 1. The number of nitrogens with zero attached hydrogens (tertiary/aromatic N) is 3. The van der Waals surface area contributed by atoms with Crippen LogP contribution in [0.15, 0.2) is 73.3 Å². The smallest absolute Gasteiger partial charge is 0.266 e. The summed E-state index contributed by atoms with van der Waals surface area (Å²) in [5.41, 5.74) is 7.27. The van der Waals surface area contributed by atoms with E-state index in [9.17, 15) is 4.79 Å². The van der Waals surface area contributed by atoms with Crippen LogP contribution in [0, 0.1) is 5.92 Å². The second-order valence-electron chi connectivity index (χ2n) is 8.02. The highest BCUT2D eigenvalue weighted by atomic mass is 16.5. The molecule has 156 valence electrons. The lowest BCUT2D eigenvalue weighted by atomic mass is 9.64. The van der Waals surface area contributed by atoms with Crippen molar-refractivity contribution in [2.24, 2.45) is 11.7 Å². The lowest BCUT2D eigenvalue weighted by Gasteiger charge is -2.37. The molecule has 6 heteroatoms. The maximum atomic E-state index is 13.2. The van der Waals surface area contributed by atoms with Crippen molar-refractivity contribution in [3.05, 3.63) is 84.4 Å². The molecular weight excluding hydrogens is 376 g/mol. The zero-order valence-corrected chi connectivity index (χ0v) is 17.4. The second kappa shape index (κ2) is 8.79. The summed E-state index contributed by atoms with van der Waals surface area (Å²) in [5.74, 6) is -0.175. The van der Waals surface area contributed by atoms with E-state index >= 15 is 0 Å². The first-order valence-corrected chi connectivity index (χ1v) is 10.5. The molecule has 0 spiro atoms. The monoisotopic (exact) mass is 405 g/mol. The van der Waals surface area contributed by atoms with Gasteiger partial charge in [0.05, 0.1) is 6.61 Å². The molecule has 0 radical (unpaired) electrons. The number of nitrogens with two attached hydrogens (primary N) is 1.